The molecule has 114 valence electrons. The van der Waals surface area contributed by atoms with Crippen LogP contribution in [-0.4, -0.2) is 23.9 Å². The molecule has 20 heavy (non-hydrogen) atoms. The second-order valence-corrected chi connectivity index (χ2v) is 6.60. The minimum Gasteiger partial charge on any atom is -0.492 e. The van der Waals surface area contributed by atoms with Gasteiger partial charge in [0.25, 0.3) is 0 Å². The van der Waals surface area contributed by atoms with Crippen molar-refractivity contribution in [3.63, 3.8) is 0 Å². The lowest BCUT2D eigenvalue weighted by Crippen LogP contribution is -2.01. The van der Waals surface area contributed by atoms with E-state index in [0.717, 1.165) is 36.3 Å². The number of unbranched alkanes of at least 4 members (excludes halogenated alkanes) is 2. The molecule has 0 spiro atoms. The van der Waals surface area contributed by atoms with Gasteiger partial charge in [-0.15, -0.1) is 0 Å². The summed E-state index contributed by atoms with van der Waals surface area (Å²) in [5, 5.41) is 2.99. The van der Waals surface area contributed by atoms with Gasteiger partial charge in [-0.3, -0.25) is 0 Å². The van der Waals surface area contributed by atoms with Crippen LogP contribution in [0.1, 0.15) is 25.7 Å². The summed E-state index contributed by atoms with van der Waals surface area (Å²) >= 11 is 19.0. The zero-order chi connectivity index (χ0) is 14.8. The van der Waals surface area contributed by atoms with Gasteiger partial charge in [-0.25, -0.2) is 0 Å². The molecule has 2 nitrogen and oxygen atoms in total. The summed E-state index contributed by atoms with van der Waals surface area (Å²) in [6.07, 6.45) is 4.10. The van der Waals surface area contributed by atoms with Crippen molar-refractivity contribution in [1.29, 1.82) is 0 Å². The van der Waals surface area contributed by atoms with Gasteiger partial charge >= 0.3 is 0 Å². The lowest BCUT2D eigenvalue weighted by molar-refractivity contribution is 0.295. The molecule has 1 aromatic carbocycles. The molecule has 6 heteroatoms. The lowest BCUT2D eigenvalue weighted by atomic mass is 10.3. The van der Waals surface area contributed by atoms with Gasteiger partial charge in [0.15, 0.2) is 0 Å². The van der Waals surface area contributed by atoms with Crippen molar-refractivity contribution in [2.45, 2.75) is 25.7 Å². The maximum absolute atomic E-state index is 6.12. The normalized spacial score (nSPS) is 10.6. The zero-order valence-electron chi connectivity index (χ0n) is 11.1. The molecule has 0 bridgehead atoms. The fourth-order valence-corrected chi connectivity index (χ4v) is 2.77. The molecule has 1 rings (SSSR count). The van der Waals surface area contributed by atoms with Gasteiger partial charge in [0.1, 0.15) is 11.5 Å². The maximum Gasteiger partial charge on any atom is 0.141 e. The maximum atomic E-state index is 6.12. The van der Waals surface area contributed by atoms with E-state index >= 15 is 0 Å². The number of rotatable bonds is 10. The van der Waals surface area contributed by atoms with E-state index in [0.29, 0.717) is 34.8 Å². The molecule has 0 aliphatic carbocycles. The molecule has 0 saturated carbocycles. The van der Waals surface area contributed by atoms with Crippen LogP contribution in [0.2, 0.25) is 10.0 Å². The molecule has 0 amide bonds. The van der Waals surface area contributed by atoms with Crippen molar-refractivity contribution in [2.24, 2.45) is 0 Å². The summed E-state index contributed by atoms with van der Waals surface area (Å²) in [6, 6.07) is 3.44. The molecule has 0 radical (unpaired) electrons. The zero-order valence-corrected chi connectivity index (χ0v) is 15.8. The van der Waals surface area contributed by atoms with Crippen molar-refractivity contribution >= 4 is 55.1 Å². The Morgan fingerprint density at radius 2 is 1.20 bits per heavy atom. The highest BCUT2D eigenvalue weighted by molar-refractivity contribution is 9.09. The summed E-state index contributed by atoms with van der Waals surface area (Å²) in [4.78, 5) is 0. The van der Waals surface area contributed by atoms with Crippen LogP contribution in [0.15, 0.2) is 12.1 Å². The monoisotopic (exact) mass is 446 g/mol. The minimum atomic E-state index is 0.515. The van der Waals surface area contributed by atoms with E-state index in [1.807, 2.05) is 0 Å². The molecular formula is C14H18Br2Cl2O2. The largest absolute Gasteiger partial charge is 0.492 e. The Balaban J connectivity index is 2.56. The average Bonchev–Trinajstić information content (AvgIpc) is 2.43. The first-order valence-corrected chi connectivity index (χ1v) is 9.55. The van der Waals surface area contributed by atoms with Crippen LogP contribution < -0.4 is 9.47 Å². The average molecular weight is 449 g/mol. The fourth-order valence-electron chi connectivity index (χ4n) is 1.49. The van der Waals surface area contributed by atoms with Gasteiger partial charge in [0.2, 0.25) is 0 Å². The van der Waals surface area contributed by atoms with Crippen LogP contribution in [0.4, 0.5) is 0 Å². The Kier molecular flexibility index (Phi) is 10.1. The topological polar surface area (TPSA) is 18.5 Å². The summed E-state index contributed by atoms with van der Waals surface area (Å²) in [6.45, 7) is 1.27. The summed E-state index contributed by atoms with van der Waals surface area (Å²) in [5.41, 5.74) is 0. The third-order valence-corrected chi connectivity index (χ3v) is 4.27. The highest BCUT2D eigenvalue weighted by Crippen LogP contribution is 2.36. The van der Waals surface area contributed by atoms with Crippen LogP contribution >= 0.6 is 55.1 Å². The Morgan fingerprint density at radius 3 is 1.60 bits per heavy atom. The standard InChI is InChI=1S/C14H18Br2Cl2O2/c15-5-1-3-7-19-13-10-14(12(18)9-11(13)17)20-8-4-2-6-16/h9-10H,1-8H2. The number of alkyl halides is 2. The Labute approximate surface area is 147 Å². The first kappa shape index (κ1) is 18.4. The Hall–Kier alpha value is 0.360. The minimum absolute atomic E-state index is 0.515. The molecular weight excluding hydrogens is 431 g/mol. The van der Waals surface area contributed by atoms with Crippen LogP contribution in [0.25, 0.3) is 0 Å². The van der Waals surface area contributed by atoms with Crippen molar-refractivity contribution in [1.82, 2.24) is 0 Å². The third kappa shape index (κ3) is 6.88. The first-order chi connectivity index (χ1) is 9.69. The fraction of sp³-hybridized carbons (Fsp3) is 0.571. The van der Waals surface area contributed by atoms with Gasteiger partial charge in [0.05, 0.1) is 23.3 Å². The van der Waals surface area contributed by atoms with E-state index in [4.69, 9.17) is 32.7 Å². The second-order valence-electron chi connectivity index (χ2n) is 4.20. The number of halogens is 4. The molecule has 1 aromatic rings. The SMILES string of the molecule is Clc1cc(Cl)c(OCCCCBr)cc1OCCCCBr. The van der Waals surface area contributed by atoms with Crippen LogP contribution in [0.3, 0.4) is 0 Å². The summed E-state index contributed by atoms with van der Waals surface area (Å²) in [5.74, 6) is 1.25. The Bertz CT molecular complexity index is 370. The highest BCUT2D eigenvalue weighted by atomic mass is 79.9. The summed E-state index contributed by atoms with van der Waals surface area (Å²) < 4.78 is 11.3. The molecule has 0 aliphatic rings. The number of hydrogen-bond donors (Lipinski definition) is 0. The summed E-state index contributed by atoms with van der Waals surface area (Å²) in [7, 11) is 0. The molecule has 0 fully saturated rings. The van der Waals surface area contributed by atoms with Crippen molar-refractivity contribution in [3.05, 3.63) is 22.2 Å². The van der Waals surface area contributed by atoms with E-state index in [1.165, 1.54) is 0 Å². The van der Waals surface area contributed by atoms with Gasteiger partial charge in [0, 0.05) is 16.7 Å². The predicted octanol–water partition coefficient (Wildman–Crippen LogP) is 6.10. The van der Waals surface area contributed by atoms with E-state index in [2.05, 4.69) is 31.9 Å². The Morgan fingerprint density at radius 1 is 0.750 bits per heavy atom. The van der Waals surface area contributed by atoms with E-state index in [1.54, 1.807) is 12.1 Å². The smallest absolute Gasteiger partial charge is 0.141 e. The molecule has 0 heterocycles. The van der Waals surface area contributed by atoms with E-state index in [-0.39, 0.29) is 0 Å². The van der Waals surface area contributed by atoms with Crippen molar-refractivity contribution in [3.8, 4) is 11.5 Å². The molecule has 0 N–H and O–H groups in total. The van der Waals surface area contributed by atoms with Crippen LogP contribution in [0, 0.1) is 0 Å². The number of benzene rings is 1. The molecule has 0 unspecified atom stereocenters. The molecule has 0 atom stereocenters. The molecule has 0 saturated heterocycles. The highest BCUT2D eigenvalue weighted by Gasteiger charge is 2.09. The quantitative estimate of drug-likeness (QED) is 0.318. The van der Waals surface area contributed by atoms with Gasteiger partial charge in [-0.1, -0.05) is 55.1 Å². The number of ether oxygens (including phenoxy) is 2. The van der Waals surface area contributed by atoms with Crippen LogP contribution in [0.5, 0.6) is 11.5 Å². The third-order valence-electron chi connectivity index (χ3n) is 2.56. The molecule has 0 aromatic heterocycles. The number of hydrogen-bond acceptors (Lipinski definition) is 2. The van der Waals surface area contributed by atoms with E-state index < -0.39 is 0 Å². The van der Waals surface area contributed by atoms with E-state index in [9.17, 15) is 0 Å². The van der Waals surface area contributed by atoms with Crippen molar-refractivity contribution in [2.75, 3.05) is 23.9 Å². The lowest BCUT2D eigenvalue weighted by Gasteiger charge is -2.12. The van der Waals surface area contributed by atoms with Crippen LogP contribution in [-0.2, 0) is 0 Å². The van der Waals surface area contributed by atoms with Gasteiger partial charge in [-0.2, -0.15) is 0 Å². The van der Waals surface area contributed by atoms with Gasteiger partial charge in [-0.05, 0) is 31.7 Å². The molecule has 0 aliphatic heterocycles. The first-order valence-electron chi connectivity index (χ1n) is 6.55. The van der Waals surface area contributed by atoms with Crippen molar-refractivity contribution < 1.29 is 9.47 Å². The predicted molar refractivity (Wildman–Crippen MR) is 93.5 cm³/mol. The van der Waals surface area contributed by atoms with Gasteiger partial charge < -0.3 is 9.47 Å². The second kappa shape index (κ2) is 11.0.